The van der Waals surface area contributed by atoms with E-state index in [1.54, 1.807) is 0 Å². The number of hydrogen-bond donors (Lipinski definition) is 3. The van der Waals surface area contributed by atoms with E-state index in [9.17, 15) is 0 Å². The fourth-order valence-electron chi connectivity index (χ4n) is 1.45. The van der Waals surface area contributed by atoms with Crippen LogP contribution in [-0.2, 0) is 0 Å². The topological polar surface area (TPSA) is 70.0 Å². The van der Waals surface area contributed by atoms with Crippen molar-refractivity contribution >= 4 is 5.71 Å². The van der Waals surface area contributed by atoms with Gasteiger partial charge >= 0.3 is 0 Å². The summed E-state index contributed by atoms with van der Waals surface area (Å²) in [4.78, 5) is 10.7. The molecule has 0 amide bonds. The van der Waals surface area contributed by atoms with Gasteiger partial charge in [0.25, 0.3) is 0 Å². The zero-order valence-corrected chi connectivity index (χ0v) is 8.40. The highest BCUT2D eigenvalue weighted by Crippen LogP contribution is 2.06. The number of H-pyrrole nitrogens is 2. The average molecular weight is 202 g/mol. The lowest BCUT2D eigenvalue weighted by Crippen LogP contribution is -2.09. The lowest BCUT2D eigenvalue weighted by molar-refractivity contribution is 0.973. The fourth-order valence-corrected chi connectivity index (χ4v) is 1.45. The van der Waals surface area contributed by atoms with Gasteiger partial charge in [-0.05, 0) is 24.3 Å². The van der Waals surface area contributed by atoms with Crippen molar-refractivity contribution in [2.45, 2.75) is 0 Å². The summed E-state index contributed by atoms with van der Waals surface area (Å²) < 4.78 is 0. The number of aliphatic imine (C=N–C) groups is 1. The molecule has 0 saturated heterocycles. The number of rotatable bonds is 4. The molecule has 0 spiro atoms. The van der Waals surface area contributed by atoms with Gasteiger partial charge in [-0.25, -0.2) is 0 Å². The Labute approximate surface area is 88.2 Å². The minimum Gasteiger partial charge on any atom is -0.360 e. The number of aromatic amines is 2. The van der Waals surface area contributed by atoms with Crippen molar-refractivity contribution in [3.63, 3.8) is 0 Å². The lowest BCUT2D eigenvalue weighted by atomic mass is 10.2. The van der Waals surface area contributed by atoms with Crippen LogP contribution in [0.15, 0.2) is 41.7 Å². The van der Waals surface area contributed by atoms with Gasteiger partial charge in [0.2, 0.25) is 0 Å². The van der Waals surface area contributed by atoms with Crippen molar-refractivity contribution in [1.82, 2.24) is 9.97 Å². The molecule has 0 aliphatic heterocycles. The zero-order valence-electron chi connectivity index (χ0n) is 8.40. The van der Waals surface area contributed by atoms with Gasteiger partial charge in [-0.3, -0.25) is 4.99 Å². The van der Waals surface area contributed by atoms with Crippen LogP contribution in [0.4, 0.5) is 0 Å². The van der Waals surface area contributed by atoms with E-state index in [2.05, 4.69) is 15.0 Å². The Balaban J connectivity index is 2.33. The van der Waals surface area contributed by atoms with E-state index in [4.69, 9.17) is 5.73 Å². The third-order valence-corrected chi connectivity index (χ3v) is 2.11. The molecule has 0 fully saturated rings. The summed E-state index contributed by atoms with van der Waals surface area (Å²) >= 11 is 0. The van der Waals surface area contributed by atoms with Gasteiger partial charge in [-0.15, -0.1) is 0 Å². The molecule has 2 aromatic rings. The van der Waals surface area contributed by atoms with E-state index in [1.807, 2.05) is 36.7 Å². The van der Waals surface area contributed by atoms with Gasteiger partial charge in [0.05, 0.1) is 17.9 Å². The Hall–Kier alpha value is -1.81. The van der Waals surface area contributed by atoms with Crippen LogP contribution in [0.1, 0.15) is 11.4 Å². The largest absolute Gasteiger partial charge is 0.360 e. The summed E-state index contributed by atoms with van der Waals surface area (Å²) in [5.41, 5.74) is 8.39. The third kappa shape index (κ3) is 2.16. The lowest BCUT2D eigenvalue weighted by Gasteiger charge is -2.02. The first-order valence-corrected chi connectivity index (χ1v) is 4.94. The number of aromatic nitrogens is 2. The molecule has 0 atom stereocenters. The molecule has 0 aliphatic rings. The minimum absolute atomic E-state index is 0.560. The van der Waals surface area contributed by atoms with E-state index < -0.39 is 0 Å². The first-order chi connectivity index (χ1) is 7.42. The van der Waals surface area contributed by atoms with Crippen molar-refractivity contribution in [3.05, 3.63) is 48.0 Å². The molecule has 2 heterocycles. The Bertz CT molecular complexity index is 375. The number of hydrogen-bond acceptors (Lipinski definition) is 2. The molecule has 0 aliphatic carbocycles. The number of nitrogens with one attached hydrogen (secondary N) is 2. The highest BCUT2D eigenvalue weighted by Gasteiger charge is 2.07. The predicted molar refractivity (Wildman–Crippen MR) is 61.1 cm³/mol. The van der Waals surface area contributed by atoms with E-state index in [-0.39, 0.29) is 0 Å². The van der Waals surface area contributed by atoms with Gasteiger partial charge in [0.15, 0.2) is 0 Å². The van der Waals surface area contributed by atoms with Crippen LogP contribution in [0, 0.1) is 0 Å². The minimum atomic E-state index is 0.560. The maximum atomic E-state index is 5.46. The smallest absolute Gasteiger partial charge is 0.104 e. The summed E-state index contributed by atoms with van der Waals surface area (Å²) in [7, 11) is 0. The summed E-state index contributed by atoms with van der Waals surface area (Å²) in [6, 6.07) is 7.90. The van der Waals surface area contributed by atoms with Crippen LogP contribution in [0.25, 0.3) is 0 Å². The molecule has 4 heteroatoms. The molecular formula is C11H14N4. The molecule has 4 N–H and O–H groups in total. The van der Waals surface area contributed by atoms with Gasteiger partial charge in [-0.2, -0.15) is 0 Å². The molecule has 0 unspecified atom stereocenters. The normalized spacial score (nSPS) is 10.2. The van der Waals surface area contributed by atoms with Gasteiger partial charge in [0, 0.05) is 18.9 Å². The zero-order chi connectivity index (χ0) is 10.5. The Morgan fingerprint density at radius 1 is 1.13 bits per heavy atom. The molecule has 78 valence electrons. The highest BCUT2D eigenvalue weighted by atomic mass is 14.8. The Morgan fingerprint density at radius 2 is 1.73 bits per heavy atom. The molecule has 2 aromatic heterocycles. The van der Waals surface area contributed by atoms with Crippen molar-refractivity contribution in [2.24, 2.45) is 10.7 Å². The van der Waals surface area contributed by atoms with Crippen LogP contribution in [-0.4, -0.2) is 28.8 Å². The van der Waals surface area contributed by atoms with Crippen molar-refractivity contribution in [3.8, 4) is 0 Å². The first-order valence-electron chi connectivity index (χ1n) is 4.94. The van der Waals surface area contributed by atoms with E-state index >= 15 is 0 Å². The molecule has 2 rings (SSSR count). The number of nitrogens with two attached hydrogens (primary N) is 1. The first kappa shape index (κ1) is 9.73. The second-order valence-corrected chi connectivity index (χ2v) is 3.19. The van der Waals surface area contributed by atoms with Crippen LogP contribution < -0.4 is 5.73 Å². The molecule has 0 saturated carbocycles. The van der Waals surface area contributed by atoms with Crippen LogP contribution in [0.3, 0.4) is 0 Å². The molecular weight excluding hydrogens is 188 g/mol. The maximum absolute atomic E-state index is 5.46. The second-order valence-electron chi connectivity index (χ2n) is 3.19. The van der Waals surface area contributed by atoms with Crippen molar-refractivity contribution in [1.29, 1.82) is 0 Å². The Morgan fingerprint density at radius 3 is 2.13 bits per heavy atom. The van der Waals surface area contributed by atoms with Crippen LogP contribution >= 0.6 is 0 Å². The Kier molecular flexibility index (Phi) is 2.99. The average Bonchev–Trinajstić information content (AvgIpc) is 2.90. The van der Waals surface area contributed by atoms with Gasteiger partial charge in [-0.1, -0.05) is 0 Å². The number of nitrogens with zero attached hydrogens (tertiary/aromatic N) is 1. The van der Waals surface area contributed by atoms with E-state index in [0.29, 0.717) is 13.1 Å². The van der Waals surface area contributed by atoms with Crippen molar-refractivity contribution in [2.75, 3.05) is 13.1 Å². The third-order valence-electron chi connectivity index (χ3n) is 2.11. The van der Waals surface area contributed by atoms with Crippen LogP contribution in [0.5, 0.6) is 0 Å². The summed E-state index contributed by atoms with van der Waals surface area (Å²) in [6.45, 7) is 1.19. The van der Waals surface area contributed by atoms with Gasteiger partial charge < -0.3 is 15.7 Å². The van der Waals surface area contributed by atoms with Crippen molar-refractivity contribution < 1.29 is 0 Å². The quantitative estimate of drug-likeness (QED) is 0.639. The summed E-state index contributed by atoms with van der Waals surface area (Å²) in [5.74, 6) is 0. The highest BCUT2D eigenvalue weighted by molar-refractivity contribution is 6.10. The van der Waals surface area contributed by atoms with E-state index in [0.717, 1.165) is 17.1 Å². The van der Waals surface area contributed by atoms with Gasteiger partial charge in [0.1, 0.15) is 5.71 Å². The molecule has 0 radical (unpaired) electrons. The standard InChI is InChI=1S/C11H14N4/c12-5-8-15-11(9-3-1-6-13-9)10-4-2-7-14-10/h1-4,6-7,13-14H,5,8,12H2. The summed E-state index contributed by atoms with van der Waals surface area (Å²) in [5, 5.41) is 0. The van der Waals surface area contributed by atoms with E-state index in [1.165, 1.54) is 0 Å². The predicted octanol–water partition coefficient (Wildman–Crippen LogP) is 1.14. The summed E-state index contributed by atoms with van der Waals surface area (Å²) in [6.07, 6.45) is 3.77. The second kappa shape index (κ2) is 4.61. The molecule has 0 aromatic carbocycles. The fraction of sp³-hybridized carbons (Fsp3) is 0.182. The maximum Gasteiger partial charge on any atom is 0.104 e. The van der Waals surface area contributed by atoms with Crippen LogP contribution in [0.2, 0.25) is 0 Å². The SMILES string of the molecule is NCCN=C(c1ccc[nH]1)c1ccc[nH]1. The molecule has 0 bridgehead atoms. The molecule has 4 nitrogen and oxygen atoms in total. The molecule has 15 heavy (non-hydrogen) atoms. The monoisotopic (exact) mass is 202 g/mol.